The zero-order chi connectivity index (χ0) is 20.8. The topological polar surface area (TPSA) is 101 Å². The Morgan fingerprint density at radius 2 is 1.35 bits per heavy atom. The highest BCUT2D eigenvalue weighted by atomic mass is 32.2. The summed E-state index contributed by atoms with van der Waals surface area (Å²) >= 11 is 0. The van der Waals surface area contributed by atoms with E-state index in [1.807, 2.05) is 0 Å². The Labute approximate surface area is 146 Å². The summed E-state index contributed by atoms with van der Waals surface area (Å²) < 4.78 is 123. The molecule has 0 amide bonds. The molecule has 0 aromatic heterocycles. The van der Waals surface area contributed by atoms with Crippen molar-refractivity contribution in [1.29, 1.82) is 0 Å². The first-order valence-corrected chi connectivity index (χ1v) is 9.55. The fraction of sp³-hybridized carbons (Fsp3) is 0.538. The van der Waals surface area contributed by atoms with Gasteiger partial charge in [0, 0.05) is 0 Å². The second-order valence-electron chi connectivity index (χ2n) is 6.26. The average Bonchev–Trinajstić information content (AvgIpc) is 2.41. The first-order valence-electron chi connectivity index (χ1n) is 6.74. The van der Waals surface area contributed by atoms with E-state index in [-0.39, 0.29) is 0 Å². The molecule has 13 heteroatoms. The van der Waals surface area contributed by atoms with Crippen LogP contribution >= 0.6 is 0 Å². The summed E-state index contributed by atoms with van der Waals surface area (Å²) in [6.07, 6.45) is -10.8. The highest BCUT2D eigenvalue weighted by Crippen LogP contribution is 2.39. The van der Waals surface area contributed by atoms with Crippen LogP contribution in [0.4, 0.5) is 22.0 Å². The van der Waals surface area contributed by atoms with E-state index in [1.165, 1.54) is 12.1 Å². The van der Waals surface area contributed by atoms with Gasteiger partial charge >= 0.3 is 11.4 Å². The van der Waals surface area contributed by atoms with Crippen LogP contribution in [0, 0.1) is 0 Å². The number of hydrogen-bond acceptors (Lipinski definition) is 6. The summed E-state index contributed by atoms with van der Waals surface area (Å²) in [6, 6.07) is 4.07. The Bertz CT molecular complexity index is 852. The van der Waals surface area contributed by atoms with E-state index >= 15 is 0 Å². The number of halogens is 5. The molecular weight excluding hydrogens is 411 g/mol. The summed E-state index contributed by atoms with van der Waals surface area (Å²) in [5.74, 6) is 0. The molecule has 0 N–H and O–H groups in total. The van der Waals surface area contributed by atoms with E-state index in [0.29, 0.717) is 5.56 Å². The van der Waals surface area contributed by atoms with Gasteiger partial charge in [-0.1, -0.05) is 32.9 Å². The predicted molar refractivity (Wildman–Crippen MR) is 77.9 cm³/mol. The molecule has 0 aliphatic carbocycles. The van der Waals surface area contributed by atoms with Crippen molar-refractivity contribution in [2.24, 2.45) is 0 Å². The van der Waals surface area contributed by atoms with Gasteiger partial charge in [-0.3, -0.25) is 0 Å². The van der Waals surface area contributed by atoms with Crippen LogP contribution in [-0.2, 0) is 29.8 Å². The second-order valence-corrected chi connectivity index (χ2v) is 9.29. The Balaban J connectivity index is 3.35. The molecule has 6 nitrogen and oxygen atoms in total. The minimum Gasteiger partial charge on any atom is -0.743 e. The van der Waals surface area contributed by atoms with Crippen molar-refractivity contribution in [2.45, 2.75) is 48.6 Å². The third-order valence-corrected chi connectivity index (χ3v) is 5.34. The van der Waals surface area contributed by atoms with Crippen molar-refractivity contribution in [3.8, 4) is 0 Å². The van der Waals surface area contributed by atoms with Crippen molar-refractivity contribution in [3.63, 3.8) is 0 Å². The maximum atomic E-state index is 13.3. The molecule has 1 atom stereocenters. The van der Waals surface area contributed by atoms with Crippen LogP contribution in [-0.4, -0.2) is 38.9 Å². The van der Waals surface area contributed by atoms with Crippen LogP contribution in [0.5, 0.6) is 0 Å². The van der Waals surface area contributed by atoms with E-state index in [4.69, 9.17) is 0 Å². The predicted octanol–water partition coefficient (Wildman–Crippen LogP) is 2.76. The van der Waals surface area contributed by atoms with E-state index in [2.05, 4.69) is 4.18 Å². The summed E-state index contributed by atoms with van der Waals surface area (Å²) in [5.41, 5.74) is 0.137. The lowest BCUT2D eigenvalue weighted by molar-refractivity contribution is -0.238. The summed E-state index contributed by atoms with van der Waals surface area (Å²) in [4.78, 5) is -0.918. The smallest absolute Gasteiger partial charge is 0.423 e. The molecule has 0 spiro atoms. The molecule has 0 aliphatic rings. The van der Waals surface area contributed by atoms with Gasteiger partial charge in [0.15, 0.2) is 10.1 Å². The zero-order valence-corrected chi connectivity index (χ0v) is 15.2. The Morgan fingerprint density at radius 1 is 0.923 bits per heavy atom. The van der Waals surface area contributed by atoms with Crippen molar-refractivity contribution in [2.75, 3.05) is 0 Å². The normalized spacial score (nSPS) is 15.7. The maximum Gasteiger partial charge on any atom is 0.423 e. The van der Waals surface area contributed by atoms with Gasteiger partial charge in [0.2, 0.25) is 6.10 Å². The Morgan fingerprint density at radius 3 is 1.65 bits per heavy atom. The monoisotopic (exact) mass is 425 g/mol. The lowest BCUT2D eigenvalue weighted by Crippen LogP contribution is -2.52. The number of hydrogen-bond donors (Lipinski definition) is 0. The van der Waals surface area contributed by atoms with Crippen molar-refractivity contribution in [1.82, 2.24) is 0 Å². The van der Waals surface area contributed by atoms with Crippen molar-refractivity contribution < 1.29 is 47.5 Å². The van der Waals surface area contributed by atoms with E-state index in [9.17, 15) is 43.3 Å². The molecule has 0 saturated carbocycles. The molecule has 0 aliphatic heterocycles. The lowest BCUT2D eigenvalue weighted by atomic mass is 9.87. The second kappa shape index (κ2) is 6.69. The molecule has 1 rings (SSSR count). The van der Waals surface area contributed by atoms with Crippen LogP contribution in [0.1, 0.15) is 26.3 Å². The highest BCUT2D eigenvalue weighted by Gasteiger charge is 2.63. The van der Waals surface area contributed by atoms with Crippen molar-refractivity contribution >= 4 is 20.2 Å². The molecule has 1 aromatic rings. The Hall–Kier alpha value is -1.31. The number of benzene rings is 1. The third kappa shape index (κ3) is 4.90. The summed E-state index contributed by atoms with van der Waals surface area (Å²) in [6.45, 7) is 5.27. The molecule has 26 heavy (non-hydrogen) atoms. The fourth-order valence-corrected chi connectivity index (χ4v) is 3.30. The van der Waals surface area contributed by atoms with Crippen LogP contribution < -0.4 is 0 Å². The molecule has 0 radical (unpaired) electrons. The first-order chi connectivity index (χ1) is 11.3. The molecular formula is C13H14F5O6S2-. The van der Waals surface area contributed by atoms with Crippen LogP contribution in [0.25, 0.3) is 0 Å². The van der Waals surface area contributed by atoms with Gasteiger partial charge in [-0.15, -0.1) is 0 Å². The van der Waals surface area contributed by atoms with Crippen molar-refractivity contribution in [3.05, 3.63) is 29.8 Å². The largest absolute Gasteiger partial charge is 0.743 e. The average molecular weight is 425 g/mol. The summed E-state index contributed by atoms with van der Waals surface area (Å²) in [7, 11) is -12.3. The number of alkyl halides is 5. The molecule has 1 aromatic carbocycles. The van der Waals surface area contributed by atoms with E-state index in [0.717, 1.165) is 12.1 Å². The summed E-state index contributed by atoms with van der Waals surface area (Å²) in [5, 5.41) is -6.05. The molecule has 0 heterocycles. The van der Waals surface area contributed by atoms with Gasteiger partial charge in [0.1, 0.15) is 0 Å². The van der Waals surface area contributed by atoms with Gasteiger partial charge in [0.05, 0.1) is 4.90 Å². The highest BCUT2D eigenvalue weighted by molar-refractivity contribution is 7.87. The molecule has 150 valence electrons. The van der Waals surface area contributed by atoms with Gasteiger partial charge in [-0.2, -0.15) is 30.4 Å². The van der Waals surface area contributed by atoms with E-state index < -0.39 is 48.1 Å². The van der Waals surface area contributed by atoms with Crippen LogP contribution in [0.3, 0.4) is 0 Å². The molecule has 0 saturated heterocycles. The fourth-order valence-electron chi connectivity index (χ4n) is 1.74. The van der Waals surface area contributed by atoms with E-state index in [1.54, 1.807) is 20.8 Å². The maximum absolute atomic E-state index is 13.3. The molecule has 1 unspecified atom stereocenters. The first kappa shape index (κ1) is 22.7. The minimum atomic E-state index is -6.86. The van der Waals surface area contributed by atoms with Gasteiger partial charge < -0.3 is 4.55 Å². The third-order valence-electron chi connectivity index (χ3n) is 3.17. The standard InChI is InChI=1S/C13H15F5O6S2/c1-11(2,3)8-4-6-9(7-5-8)25(19,20)24-10(12(14,15)16)13(17,18)26(21,22)23/h4-7,10H,1-3H3,(H,21,22,23)/p-1. The Kier molecular flexibility index (Phi) is 5.85. The van der Waals surface area contributed by atoms with Gasteiger partial charge in [-0.05, 0) is 23.1 Å². The molecule has 0 fully saturated rings. The zero-order valence-electron chi connectivity index (χ0n) is 13.5. The van der Waals surface area contributed by atoms with Crippen LogP contribution in [0.2, 0.25) is 0 Å². The molecule has 0 bridgehead atoms. The van der Waals surface area contributed by atoms with Gasteiger partial charge in [-0.25, -0.2) is 12.6 Å². The number of rotatable bonds is 5. The van der Waals surface area contributed by atoms with Gasteiger partial charge in [0.25, 0.3) is 10.1 Å². The minimum absolute atomic E-state index is 0.443. The van der Waals surface area contributed by atoms with Crippen LogP contribution in [0.15, 0.2) is 29.2 Å². The quantitative estimate of drug-likeness (QED) is 0.409. The lowest BCUT2D eigenvalue weighted by Gasteiger charge is -2.29. The SMILES string of the molecule is CC(C)(C)c1ccc(S(=O)(=O)OC(C(F)(F)F)C(F)(F)S(=O)(=O)[O-])cc1.